The molecule has 1 amide bonds. The third-order valence-corrected chi connectivity index (χ3v) is 5.70. The van der Waals surface area contributed by atoms with E-state index in [1.54, 1.807) is 6.92 Å². The predicted octanol–water partition coefficient (Wildman–Crippen LogP) is 3.41. The topological polar surface area (TPSA) is 35.6 Å². The molecule has 0 radical (unpaired) electrons. The number of halogens is 2. The second-order valence-electron chi connectivity index (χ2n) is 7.82. The zero-order valence-corrected chi connectivity index (χ0v) is 16.0. The zero-order valence-electron chi connectivity index (χ0n) is 16.0. The molecule has 2 aromatic carbocycles. The van der Waals surface area contributed by atoms with Crippen molar-refractivity contribution in [3.8, 4) is 0 Å². The first-order valence-corrected chi connectivity index (χ1v) is 9.76. The smallest absolute Gasteiger partial charge is 0.217 e. The van der Waals surface area contributed by atoms with Gasteiger partial charge in [-0.1, -0.05) is 24.3 Å². The minimum atomic E-state index is -0.546. The van der Waals surface area contributed by atoms with Gasteiger partial charge in [-0.2, -0.15) is 0 Å². The van der Waals surface area contributed by atoms with Gasteiger partial charge < -0.3 is 10.2 Å². The van der Waals surface area contributed by atoms with Gasteiger partial charge in [0.15, 0.2) is 0 Å². The van der Waals surface area contributed by atoms with Crippen LogP contribution >= 0.6 is 0 Å². The van der Waals surface area contributed by atoms with Gasteiger partial charge in [0.1, 0.15) is 11.6 Å². The summed E-state index contributed by atoms with van der Waals surface area (Å²) in [6.07, 6.45) is 1.99. The van der Waals surface area contributed by atoms with Crippen molar-refractivity contribution in [1.82, 2.24) is 10.2 Å². The molecule has 1 aliphatic carbocycles. The predicted molar refractivity (Wildman–Crippen MR) is 105 cm³/mol. The SMILES string of the molecule is CC(=O)NC1(c2ccc(CN3CCN(c4ccc(F)cc4F)CC3)cc2)CC1. The number of nitrogens with zero attached hydrogens (tertiary/aromatic N) is 2. The molecule has 0 atom stereocenters. The van der Waals surface area contributed by atoms with Crippen LogP contribution in [-0.4, -0.2) is 37.0 Å². The van der Waals surface area contributed by atoms with Crippen molar-refractivity contribution in [2.75, 3.05) is 31.1 Å². The average Bonchev–Trinajstić information content (AvgIpc) is 3.43. The van der Waals surface area contributed by atoms with Crippen LogP contribution in [-0.2, 0) is 16.9 Å². The van der Waals surface area contributed by atoms with E-state index in [1.807, 2.05) is 4.90 Å². The molecule has 2 aromatic rings. The summed E-state index contributed by atoms with van der Waals surface area (Å²) in [5.74, 6) is -1.04. The lowest BCUT2D eigenvalue weighted by Crippen LogP contribution is -2.46. The monoisotopic (exact) mass is 385 g/mol. The van der Waals surface area contributed by atoms with E-state index in [-0.39, 0.29) is 11.4 Å². The van der Waals surface area contributed by atoms with Crippen LogP contribution in [0, 0.1) is 11.6 Å². The van der Waals surface area contributed by atoms with Crippen LogP contribution < -0.4 is 10.2 Å². The van der Waals surface area contributed by atoms with E-state index in [1.165, 1.54) is 23.3 Å². The molecule has 4 nitrogen and oxygen atoms in total. The van der Waals surface area contributed by atoms with Gasteiger partial charge in [0.05, 0.1) is 11.2 Å². The summed E-state index contributed by atoms with van der Waals surface area (Å²) in [6, 6.07) is 12.2. The van der Waals surface area contributed by atoms with Crippen LogP contribution in [0.25, 0.3) is 0 Å². The van der Waals surface area contributed by atoms with Gasteiger partial charge in [0.2, 0.25) is 5.91 Å². The van der Waals surface area contributed by atoms with Crippen LogP contribution in [0.5, 0.6) is 0 Å². The highest BCUT2D eigenvalue weighted by Crippen LogP contribution is 2.45. The fourth-order valence-corrected chi connectivity index (χ4v) is 4.02. The van der Waals surface area contributed by atoms with E-state index < -0.39 is 11.6 Å². The van der Waals surface area contributed by atoms with Gasteiger partial charge in [-0.05, 0) is 36.1 Å². The molecule has 4 rings (SSSR count). The quantitative estimate of drug-likeness (QED) is 0.857. The van der Waals surface area contributed by atoms with Gasteiger partial charge in [0.25, 0.3) is 0 Å². The number of amides is 1. The Kier molecular flexibility index (Phi) is 5.06. The number of rotatable bonds is 5. The maximum absolute atomic E-state index is 14.0. The van der Waals surface area contributed by atoms with E-state index >= 15 is 0 Å². The van der Waals surface area contributed by atoms with Gasteiger partial charge in [-0.25, -0.2) is 8.78 Å². The second kappa shape index (κ2) is 7.51. The molecule has 0 bridgehead atoms. The van der Waals surface area contributed by atoms with Gasteiger partial charge in [-0.15, -0.1) is 0 Å². The summed E-state index contributed by atoms with van der Waals surface area (Å²) in [6.45, 7) is 5.49. The fraction of sp³-hybridized carbons (Fsp3) is 0.409. The molecule has 2 fully saturated rings. The number of benzene rings is 2. The van der Waals surface area contributed by atoms with E-state index in [9.17, 15) is 13.6 Å². The van der Waals surface area contributed by atoms with Crippen molar-refractivity contribution in [3.05, 3.63) is 65.2 Å². The van der Waals surface area contributed by atoms with E-state index in [0.29, 0.717) is 18.8 Å². The van der Waals surface area contributed by atoms with Crippen LogP contribution in [0.15, 0.2) is 42.5 Å². The van der Waals surface area contributed by atoms with Crippen LogP contribution in [0.3, 0.4) is 0 Å². The van der Waals surface area contributed by atoms with Crippen molar-refractivity contribution in [1.29, 1.82) is 0 Å². The Morgan fingerprint density at radius 1 is 1.04 bits per heavy atom. The number of hydrogen-bond donors (Lipinski definition) is 1. The molecule has 1 saturated carbocycles. The summed E-state index contributed by atoms with van der Waals surface area (Å²) >= 11 is 0. The summed E-state index contributed by atoms with van der Waals surface area (Å²) in [5, 5.41) is 3.07. The molecule has 0 aromatic heterocycles. The molecule has 2 aliphatic rings. The van der Waals surface area contributed by atoms with Crippen LogP contribution in [0.2, 0.25) is 0 Å². The Morgan fingerprint density at radius 2 is 1.71 bits per heavy atom. The first-order valence-electron chi connectivity index (χ1n) is 9.76. The first-order chi connectivity index (χ1) is 13.4. The third-order valence-electron chi connectivity index (χ3n) is 5.70. The first kappa shape index (κ1) is 18.9. The molecular formula is C22H25F2N3O. The third kappa shape index (κ3) is 4.02. The van der Waals surface area contributed by atoms with Crippen molar-refractivity contribution in [2.45, 2.75) is 31.8 Å². The highest BCUT2D eigenvalue weighted by atomic mass is 19.1. The summed E-state index contributed by atoms with van der Waals surface area (Å²) in [4.78, 5) is 15.7. The molecule has 1 N–H and O–H groups in total. The Labute approximate surface area is 164 Å². The largest absolute Gasteiger partial charge is 0.367 e. The van der Waals surface area contributed by atoms with Crippen molar-refractivity contribution < 1.29 is 13.6 Å². The molecular weight excluding hydrogens is 360 g/mol. The zero-order chi connectivity index (χ0) is 19.7. The Balaban J connectivity index is 1.33. The van der Waals surface area contributed by atoms with Crippen LogP contribution in [0.4, 0.5) is 14.5 Å². The van der Waals surface area contributed by atoms with Crippen molar-refractivity contribution >= 4 is 11.6 Å². The number of nitrogens with one attached hydrogen (secondary N) is 1. The molecule has 1 heterocycles. The normalized spacial score (nSPS) is 18.8. The average molecular weight is 385 g/mol. The molecule has 0 spiro atoms. The molecule has 148 valence electrons. The van der Waals surface area contributed by atoms with Gasteiger partial charge in [0, 0.05) is 45.7 Å². The van der Waals surface area contributed by atoms with Crippen molar-refractivity contribution in [2.24, 2.45) is 0 Å². The highest BCUT2D eigenvalue weighted by molar-refractivity contribution is 5.74. The van der Waals surface area contributed by atoms with Gasteiger partial charge >= 0.3 is 0 Å². The summed E-state index contributed by atoms with van der Waals surface area (Å²) in [7, 11) is 0. The standard InChI is InChI=1S/C22H25F2N3O/c1-16(28)25-22(8-9-22)18-4-2-17(3-5-18)15-26-10-12-27(13-11-26)21-7-6-19(23)14-20(21)24/h2-7,14H,8-13,15H2,1H3,(H,25,28). The van der Waals surface area contributed by atoms with E-state index in [4.69, 9.17) is 0 Å². The molecule has 6 heteroatoms. The fourth-order valence-electron chi connectivity index (χ4n) is 4.02. The highest BCUT2D eigenvalue weighted by Gasteiger charge is 2.44. The number of carbonyl (C=O) groups is 1. The molecule has 1 aliphatic heterocycles. The lowest BCUT2D eigenvalue weighted by Gasteiger charge is -2.36. The van der Waals surface area contributed by atoms with Gasteiger partial charge in [-0.3, -0.25) is 9.69 Å². The Hall–Kier alpha value is -2.47. The molecule has 0 unspecified atom stereocenters. The molecule has 28 heavy (non-hydrogen) atoms. The lowest BCUT2D eigenvalue weighted by atomic mass is 10.0. The van der Waals surface area contributed by atoms with Crippen molar-refractivity contribution in [3.63, 3.8) is 0 Å². The second-order valence-corrected chi connectivity index (χ2v) is 7.82. The van der Waals surface area contributed by atoms with E-state index in [2.05, 4.69) is 34.5 Å². The molecule has 1 saturated heterocycles. The van der Waals surface area contributed by atoms with E-state index in [0.717, 1.165) is 38.5 Å². The number of anilines is 1. The minimum absolute atomic E-state index is 0.0111. The van der Waals surface area contributed by atoms with Crippen LogP contribution in [0.1, 0.15) is 30.9 Å². The Bertz CT molecular complexity index is 857. The number of carbonyl (C=O) groups excluding carboxylic acids is 1. The lowest BCUT2D eigenvalue weighted by molar-refractivity contribution is -0.120. The minimum Gasteiger partial charge on any atom is -0.367 e. The summed E-state index contributed by atoms with van der Waals surface area (Å²) < 4.78 is 27.1. The maximum Gasteiger partial charge on any atom is 0.217 e. The Morgan fingerprint density at radius 3 is 2.29 bits per heavy atom. The number of piperazine rings is 1. The number of hydrogen-bond acceptors (Lipinski definition) is 3. The maximum atomic E-state index is 14.0. The summed E-state index contributed by atoms with van der Waals surface area (Å²) in [5.41, 5.74) is 2.71.